The van der Waals surface area contributed by atoms with Gasteiger partial charge in [-0.05, 0) is 35.4 Å². The van der Waals surface area contributed by atoms with Gasteiger partial charge in [-0.3, -0.25) is 9.69 Å². The van der Waals surface area contributed by atoms with Gasteiger partial charge in [-0.15, -0.1) is 0 Å². The molecule has 0 bridgehead atoms. The monoisotopic (exact) mass is 469 g/mol. The van der Waals surface area contributed by atoms with E-state index in [9.17, 15) is 13.6 Å². The molecule has 1 aromatic heterocycles. The molecule has 0 N–H and O–H groups in total. The van der Waals surface area contributed by atoms with E-state index in [1.165, 1.54) is 15.5 Å². The fourth-order valence-electron chi connectivity index (χ4n) is 4.67. The number of hydrogen-bond acceptors (Lipinski definition) is 5. The number of halogens is 4. The average molecular weight is 469 g/mol. The molecular formula is C24H19F4N5O. The van der Waals surface area contributed by atoms with Gasteiger partial charge in [-0.25, -0.2) is 8.78 Å². The Hall–Kier alpha value is -3.71. The molecule has 6 nitrogen and oxygen atoms in total. The van der Waals surface area contributed by atoms with Crippen LogP contribution in [0.5, 0.6) is 0 Å². The number of nitrogens with zero attached hydrogens (tertiary/aromatic N) is 5. The number of fused-ring (bicyclic) bond motifs is 3. The molecule has 34 heavy (non-hydrogen) atoms. The van der Waals surface area contributed by atoms with Crippen LogP contribution in [0.1, 0.15) is 27.9 Å². The lowest BCUT2D eigenvalue weighted by molar-refractivity contribution is -0.0621. The summed E-state index contributed by atoms with van der Waals surface area (Å²) < 4.78 is 59.0. The maximum absolute atomic E-state index is 15.4. The second-order valence-electron chi connectivity index (χ2n) is 8.53. The minimum absolute atomic E-state index is 0.0109. The Morgan fingerprint density at radius 2 is 1.82 bits per heavy atom. The van der Waals surface area contributed by atoms with Crippen molar-refractivity contribution in [2.24, 2.45) is 0 Å². The molecule has 3 heterocycles. The van der Waals surface area contributed by atoms with Crippen molar-refractivity contribution in [2.45, 2.75) is 32.1 Å². The van der Waals surface area contributed by atoms with Gasteiger partial charge in [0, 0.05) is 32.7 Å². The lowest BCUT2D eigenvalue weighted by Gasteiger charge is -2.35. The summed E-state index contributed by atoms with van der Waals surface area (Å²) in [4.78, 5) is 20.0. The van der Waals surface area contributed by atoms with Crippen LogP contribution < -0.4 is 10.5 Å². The molecule has 0 fully saturated rings. The van der Waals surface area contributed by atoms with E-state index in [-0.39, 0.29) is 43.4 Å². The first kappa shape index (κ1) is 22.1. The topological polar surface area (TPSA) is 65.2 Å². The van der Waals surface area contributed by atoms with Crippen molar-refractivity contribution in [3.8, 4) is 6.07 Å². The predicted octanol–water partition coefficient (Wildman–Crippen LogP) is 3.52. The van der Waals surface area contributed by atoms with Crippen molar-refractivity contribution >= 4 is 5.95 Å². The first-order chi connectivity index (χ1) is 16.2. The average Bonchev–Trinajstić information content (AvgIpc) is 3.17. The van der Waals surface area contributed by atoms with Gasteiger partial charge >= 0.3 is 5.92 Å². The minimum atomic E-state index is -3.30. The van der Waals surface area contributed by atoms with Crippen LogP contribution in [0, 0.1) is 23.0 Å². The Bertz CT molecular complexity index is 1380. The molecule has 0 spiro atoms. The Balaban J connectivity index is 1.45. The first-order valence-corrected chi connectivity index (χ1v) is 10.7. The van der Waals surface area contributed by atoms with Crippen LogP contribution in [0.2, 0.25) is 0 Å². The van der Waals surface area contributed by atoms with Crippen molar-refractivity contribution in [3.05, 3.63) is 92.4 Å². The second-order valence-corrected chi connectivity index (χ2v) is 8.53. The van der Waals surface area contributed by atoms with Gasteiger partial charge in [0.25, 0.3) is 5.56 Å². The van der Waals surface area contributed by atoms with E-state index in [2.05, 4.69) is 4.98 Å². The summed E-state index contributed by atoms with van der Waals surface area (Å²) in [5.41, 5.74) is 0.460. The van der Waals surface area contributed by atoms with Gasteiger partial charge < -0.3 is 9.47 Å². The Kier molecular flexibility index (Phi) is 5.37. The number of rotatable bonds is 4. The van der Waals surface area contributed by atoms with E-state index >= 15 is 8.78 Å². The molecule has 0 unspecified atom stereocenters. The molecule has 0 radical (unpaired) electrons. The van der Waals surface area contributed by atoms with Crippen molar-refractivity contribution in [2.75, 3.05) is 18.0 Å². The largest absolute Gasteiger partial charge is 0.336 e. The van der Waals surface area contributed by atoms with Crippen LogP contribution in [0.25, 0.3) is 0 Å². The summed E-state index contributed by atoms with van der Waals surface area (Å²) in [6, 6.07) is 12.2. The van der Waals surface area contributed by atoms with Crippen LogP contribution in [0.15, 0.2) is 47.3 Å². The maximum Gasteiger partial charge on any atom is 0.300 e. The molecule has 0 saturated carbocycles. The molecule has 2 aromatic carbocycles. The molecule has 174 valence electrons. The molecule has 0 atom stereocenters. The molecule has 2 aliphatic rings. The Morgan fingerprint density at radius 1 is 1.03 bits per heavy atom. The van der Waals surface area contributed by atoms with Gasteiger partial charge in [0.2, 0.25) is 5.95 Å². The molecular weight excluding hydrogens is 450 g/mol. The third-order valence-corrected chi connectivity index (χ3v) is 6.10. The Morgan fingerprint density at radius 3 is 2.59 bits per heavy atom. The highest BCUT2D eigenvalue weighted by molar-refractivity contribution is 5.43. The summed E-state index contributed by atoms with van der Waals surface area (Å²) in [5.74, 6) is -5.17. The second kappa shape index (κ2) is 8.25. The summed E-state index contributed by atoms with van der Waals surface area (Å²) in [6.45, 7) is 0.209. The molecule has 0 aliphatic carbocycles. The van der Waals surface area contributed by atoms with Crippen LogP contribution in [-0.4, -0.2) is 27.5 Å². The predicted molar refractivity (Wildman–Crippen MR) is 115 cm³/mol. The normalized spacial score (nSPS) is 16.7. The van der Waals surface area contributed by atoms with Crippen molar-refractivity contribution in [1.82, 2.24) is 14.5 Å². The summed E-state index contributed by atoms with van der Waals surface area (Å²) in [5, 5.41) is 9.07. The van der Waals surface area contributed by atoms with E-state index in [0.717, 1.165) is 12.1 Å². The fraction of sp³-hybridized carbons (Fsp3) is 0.292. The number of nitriles is 1. The van der Waals surface area contributed by atoms with Crippen molar-refractivity contribution in [1.29, 1.82) is 5.26 Å². The molecule has 10 heteroatoms. The van der Waals surface area contributed by atoms with E-state index in [0.29, 0.717) is 23.2 Å². The van der Waals surface area contributed by atoms with Gasteiger partial charge in [0.1, 0.15) is 5.69 Å². The molecule has 2 aliphatic heterocycles. The van der Waals surface area contributed by atoms with Gasteiger partial charge in [0.15, 0.2) is 11.6 Å². The van der Waals surface area contributed by atoms with Crippen molar-refractivity contribution < 1.29 is 17.6 Å². The third-order valence-electron chi connectivity index (χ3n) is 6.10. The molecule has 0 amide bonds. The third kappa shape index (κ3) is 3.92. The summed E-state index contributed by atoms with van der Waals surface area (Å²) in [7, 11) is 0. The van der Waals surface area contributed by atoms with Gasteiger partial charge in [-0.1, -0.05) is 18.2 Å². The molecule has 5 rings (SSSR count). The van der Waals surface area contributed by atoms with Crippen LogP contribution in [0.4, 0.5) is 23.5 Å². The highest BCUT2D eigenvalue weighted by atomic mass is 19.3. The SMILES string of the molecule is N#Cc1cccc(CN2Cc3c(n4c(nc3=O)N(Cc3ccc(F)c(F)c3)CC4)C(F)(F)C2)c1. The van der Waals surface area contributed by atoms with E-state index in [1.807, 2.05) is 6.07 Å². The zero-order chi connectivity index (χ0) is 24.0. The van der Waals surface area contributed by atoms with Crippen molar-refractivity contribution in [3.63, 3.8) is 0 Å². The van der Waals surface area contributed by atoms with Gasteiger partial charge in [0.05, 0.1) is 23.7 Å². The quantitative estimate of drug-likeness (QED) is 0.547. The zero-order valence-corrected chi connectivity index (χ0v) is 17.9. The number of aromatic nitrogens is 2. The number of benzene rings is 2. The first-order valence-electron chi connectivity index (χ1n) is 10.7. The van der Waals surface area contributed by atoms with Gasteiger partial charge in [-0.2, -0.15) is 19.0 Å². The standard InChI is InChI=1S/C24H19F4N5O/c25-19-5-4-17(9-20(19)26)12-32-6-7-33-21-18(22(34)30-23(32)33)13-31(14-24(21,27)28)11-16-3-1-2-15(8-16)10-29/h1-5,8-9H,6-7,11-14H2. The number of anilines is 1. The summed E-state index contributed by atoms with van der Waals surface area (Å²) >= 11 is 0. The maximum atomic E-state index is 15.4. The zero-order valence-electron chi connectivity index (χ0n) is 17.9. The summed E-state index contributed by atoms with van der Waals surface area (Å²) in [6.07, 6.45) is 0. The van der Waals surface area contributed by atoms with E-state index in [4.69, 9.17) is 5.26 Å². The van der Waals surface area contributed by atoms with Crippen LogP contribution in [-0.2, 0) is 32.1 Å². The van der Waals surface area contributed by atoms with E-state index in [1.54, 1.807) is 29.2 Å². The lowest BCUT2D eigenvalue weighted by atomic mass is 10.0. The number of hydrogen-bond donors (Lipinski definition) is 0. The van der Waals surface area contributed by atoms with Crippen LogP contribution in [0.3, 0.4) is 0 Å². The molecule has 0 saturated heterocycles. The highest BCUT2D eigenvalue weighted by Gasteiger charge is 2.46. The number of alkyl halides is 2. The van der Waals surface area contributed by atoms with E-state index < -0.39 is 29.7 Å². The smallest absolute Gasteiger partial charge is 0.300 e. The minimum Gasteiger partial charge on any atom is -0.336 e. The molecule has 3 aromatic rings. The highest BCUT2D eigenvalue weighted by Crippen LogP contribution is 2.38. The fourth-order valence-corrected chi connectivity index (χ4v) is 4.67. The van der Waals surface area contributed by atoms with Crippen LogP contribution >= 0.6 is 0 Å². The lowest BCUT2D eigenvalue weighted by Crippen LogP contribution is -2.45. The Labute approximate surface area is 192 Å².